The lowest BCUT2D eigenvalue weighted by Crippen LogP contribution is -2.38. The van der Waals surface area contributed by atoms with Gasteiger partial charge in [-0.1, -0.05) is 48.5 Å². The van der Waals surface area contributed by atoms with Crippen LogP contribution in [-0.4, -0.2) is 57.4 Å². The Balaban J connectivity index is 1.38. The first-order chi connectivity index (χ1) is 16.3. The number of hydrogen-bond acceptors (Lipinski definition) is 5. The summed E-state index contributed by atoms with van der Waals surface area (Å²) in [6.07, 6.45) is -0.845. The van der Waals surface area contributed by atoms with Crippen LogP contribution >= 0.6 is 0 Å². The minimum atomic E-state index is -0.985. The van der Waals surface area contributed by atoms with Crippen molar-refractivity contribution in [1.29, 1.82) is 0 Å². The Kier molecular flexibility index (Phi) is 6.62. The van der Waals surface area contributed by atoms with Crippen LogP contribution in [0.2, 0.25) is 0 Å². The molecule has 1 aromatic heterocycles. The van der Waals surface area contributed by atoms with Gasteiger partial charge < -0.3 is 14.7 Å². The zero-order valence-electron chi connectivity index (χ0n) is 18.9. The number of carbonyl (C=O) groups is 3. The summed E-state index contributed by atoms with van der Waals surface area (Å²) in [4.78, 5) is 37.5. The lowest BCUT2D eigenvalue weighted by molar-refractivity contribution is -0.137. The van der Waals surface area contributed by atoms with Crippen LogP contribution in [0.15, 0.2) is 54.6 Å². The summed E-state index contributed by atoms with van der Waals surface area (Å²) >= 11 is 0. The summed E-state index contributed by atoms with van der Waals surface area (Å²) in [6.45, 7) is 3.82. The molecule has 3 N–H and O–H groups in total. The number of aromatic amines is 1. The molecule has 1 aliphatic rings. The van der Waals surface area contributed by atoms with Gasteiger partial charge in [0.05, 0.1) is 6.42 Å². The average Bonchev–Trinajstić information content (AvgIpc) is 3.40. The zero-order chi connectivity index (χ0) is 24.2. The lowest BCUT2D eigenvalue weighted by atomic mass is 9.98. The summed E-state index contributed by atoms with van der Waals surface area (Å²) in [7, 11) is 0. The molecule has 0 fully saturated rings. The number of aliphatic carboxylic acids is 1. The molecule has 0 atom stereocenters. The smallest absolute Gasteiger partial charge is 0.412 e. The van der Waals surface area contributed by atoms with Crippen molar-refractivity contribution in [3.63, 3.8) is 0 Å². The maximum absolute atomic E-state index is 12.7. The van der Waals surface area contributed by atoms with Crippen LogP contribution in [0.5, 0.6) is 0 Å². The highest BCUT2D eigenvalue weighted by Gasteiger charge is 2.29. The fourth-order valence-corrected chi connectivity index (χ4v) is 4.20. The van der Waals surface area contributed by atoms with E-state index in [0.717, 1.165) is 22.3 Å². The molecule has 0 saturated heterocycles. The third-order valence-corrected chi connectivity index (χ3v) is 5.83. The van der Waals surface area contributed by atoms with Gasteiger partial charge >= 0.3 is 12.1 Å². The van der Waals surface area contributed by atoms with Gasteiger partial charge in [0, 0.05) is 24.6 Å². The van der Waals surface area contributed by atoms with Crippen LogP contribution < -0.4 is 5.32 Å². The summed E-state index contributed by atoms with van der Waals surface area (Å²) in [5.74, 6) is -1.31. The van der Waals surface area contributed by atoms with Gasteiger partial charge in [0.25, 0.3) is 5.91 Å². The van der Waals surface area contributed by atoms with E-state index in [1.807, 2.05) is 36.4 Å². The summed E-state index contributed by atoms with van der Waals surface area (Å²) < 4.78 is 5.50. The lowest BCUT2D eigenvalue weighted by Gasteiger charge is -2.25. The molecule has 9 heteroatoms. The van der Waals surface area contributed by atoms with Crippen molar-refractivity contribution in [1.82, 2.24) is 15.1 Å². The monoisotopic (exact) mass is 462 g/mol. The van der Waals surface area contributed by atoms with Crippen LogP contribution in [0, 0.1) is 0 Å². The van der Waals surface area contributed by atoms with Crippen LogP contribution in [0.4, 0.5) is 10.6 Å². The first kappa shape index (κ1) is 23.0. The van der Waals surface area contributed by atoms with Gasteiger partial charge in [-0.25, -0.2) is 4.79 Å². The van der Waals surface area contributed by atoms with Gasteiger partial charge in [-0.2, -0.15) is 5.10 Å². The van der Waals surface area contributed by atoms with E-state index >= 15 is 0 Å². The molecule has 0 bridgehead atoms. The largest absolute Gasteiger partial charge is 0.481 e. The number of carbonyl (C=O) groups excluding carboxylic acids is 2. The predicted octanol–water partition coefficient (Wildman–Crippen LogP) is 4.10. The topological polar surface area (TPSA) is 125 Å². The van der Waals surface area contributed by atoms with Crippen molar-refractivity contribution in [2.24, 2.45) is 0 Å². The molecule has 9 nitrogen and oxygen atoms in total. The number of benzene rings is 2. The van der Waals surface area contributed by atoms with E-state index in [0.29, 0.717) is 0 Å². The van der Waals surface area contributed by atoms with Gasteiger partial charge in [0.1, 0.15) is 12.3 Å². The Morgan fingerprint density at radius 1 is 1.09 bits per heavy atom. The number of amides is 2. The number of fused-ring (bicyclic) bond motifs is 3. The number of aromatic nitrogens is 2. The molecule has 0 spiro atoms. The molecule has 0 radical (unpaired) electrons. The molecule has 1 heterocycles. The fraction of sp³-hybridized carbons (Fsp3) is 0.280. The summed E-state index contributed by atoms with van der Waals surface area (Å²) in [6, 6.07) is 17.3. The first-order valence-corrected chi connectivity index (χ1v) is 11.0. The zero-order valence-corrected chi connectivity index (χ0v) is 18.9. The number of H-pyrrole nitrogens is 1. The number of ether oxygens (including phenoxy) is 1. The third-order valence-electron chi connectivity index (χ3n) is 5.83. The second kappa shape index (κ2) is 9.78. The van der Waals surface area contributed by atoms with E-state index < -0.39 is 18.0 Å². The second-order valence-corrected chi connectivity index (χ2v) is 8.35. The van der Waals surface area contributed by atoms with Gasteiger partial charge in [-0.05, 0) is 36.1 Å². The predicted molar refractivity (Wildman–Crippen MR) is 126 cm³/mol. The highest BCUT2D eigenvalue weighted by atomic mass is 16.5. The number of anilines is 1. The van der Waals surface area contributed by atoms with E-state index in [1.54, 1.807) is 13.8 Å². The number of nitrogens with one attached hydrogen (secondary N) is 2. The number of carboxylic acid groups (broad SMARTS) is 1. The molecule has 34 heavy (non-hydrogen) atoms. The highest BCUT2D eigenvalue weighted by molar-refractivity contribution is 5.94. The van der Waals surface area contributed by atoms with Crippen molar-refractivity contribution in [2.45, 2.75) is 32.2 Å². The molecule has 2 amide bonds. The Morgan fingerprint density at radius 2 is 1.71 bits per heavy atom. The average molecular weight is 463 g/mol. The van der Waals surface area contributed by atoms with E-state index in [-0.39, 0.29) is 43.0 Å². The summed E-state index contributed by atoms with van der Waals surface area (Å²) in [5.41, 5.74) is 4.65. The second-order valence-electron chi connectivity index (χ2n) is 8.35. The molecule has 3 aromatic rings. The van der Waals surface area contributed by atoms with Gasteiger partial charge in [-0.3, -0.25) is 20.0 Å². The SMILES string of the molecule is CC(C)N(CCC(=O)O)C(=O)c1cc(NC(=O)OCC2c3ccccc3-c3ccccc32)n[nH]1. The van der Waals surface area contributed by atoms with Crippen molar-refractivity contribution < 1.29 is 24.2 Å². The maximum atomic E-state index is 12.7. The van der Waals surface area contributed by atoms with E-state index in [1.165, 1.54) is 11.0 Å². The molecule has 1 aliphatic carbocycles. The summed E-state index contributed by atoms with van der Waals surface area (Å²) in [5, 5.41) is 18.0. The first-order valence-electron chi connectivity index (χ1n) is 11.0. The van der Waals surface area contributed by atoms with E-state index in [2.05, 4.69) is 27.6 Å². The highest BCUT2D eigenvalue weighted by Crippen LogP contribution is 2.44. The molecule has 0 saturated carbocycles. The molecule has 2 aromatic carbocycles. The quantitative estimate of drug-likeness (QED) is 0.463. The molecular weight excluding hydrogens is 436 g/mol. The molecule has 0 unspecified atom stereocenters. The Morgan fingerprint density at radius 3 is 2.29 bits per heavy atom. The molecule has 176 valence electrons. The fourth-order valence-electron chi connectivity index (χ4n) is 4.20. The van der Waals surface area contributed by atoms with Crippen molar-refractivity contribution in [2.75, 3.05) is 18.5 Å². The minimum absolute atomic E-state index is 0.0664. The number of hydrogen-bond donors (Lipinski definition) is 3. The minimum Gasteiger partial charge on any atom is -0.481 e. The van der Waals surface area contributed by atoms with Crippen molar-refractivity contribution >= 4 is 23.8 Å². The van der Waals surface area contributed by atoms with Crippen LogP contribution in [0.25, 0.3) is 11.1 Å². The van der Waals surface area contributed by atoms with E-state index in [9.17, 15) is 14.4 Å². The Labute approximate surface area is 196 Å². The maximum Gasteiger partial charge on any atom is 0.412 e. The third kappa shape index (κ3) is 4.78. The molecular formula is C25H26N4O5. The number of rotatable bonds is 8. The Bertz CT molecular complexity index is 1170. The van der Waals surface area contributed by atoms with Crippen LogP contribution in [0.1, 0.15) is 47.8 Å². The number of nitrogens with zero attached hydrogens (tertiary/aromatic N) is 2. The number of carboxylic acids is 1. The van der Waals surface area contributed by atoms with Crippen LogP contribution in [0.3, 0.4) is 0 Å². The van der Waals surface area contributed by atoms with Gasteiger partial charge in [0.15, 0.2) is 5.82 Å². The normalized spacial score (nSPS) is 12.2. The van der Waals surface area contributed by atoms with Crippen molar-refractivity contribution in [3.8, 4) is 11.1 Å². The standard InChI is InChI=1S/C25H26N4O5/c1-15(2)29(12-11-23(30)31)24(32)21-13-22(28-27-21)26-25(33)34-14-20-18-9-5-3-7-16(18)17-8-4-6-10-19(17)20/h3-10,13,15,20H,11-12,14H2,1-2H3,(H,30,31)(H2,26,27,28,33). The molecule has 4 rings (SSSR count). The Hall–Kier alpha value is -4.14. The molecule has 0 aliphatic heterocycles. The van der Waals surface area contributed by atoms with Gasteiger partial charge in [-0.15, -0.1) is 0 Å². The van der Waals surface area contributed by atoms with Crippen LogP contribution in [-0.2, 0) is 9.53 Å². The van der Waals surface area contributed by atoms with Gasteiger partial charge in [0.2, 0.25) is 0 Å². The van der Waals surface area contributed by atoms with Crippen molar-refractivity contribution in [3.05, 3.63) is 71.4 Å². The van der Waals surface area contributed by atoms with E-state index in [4.69, 9.17) is 9.84 Å².